The first-order valence-corrected chi connectivity index (χ1v) is 5.33. The maximum absolute atomic E-state index is 10.4. The maximum atomic E-state index is 10.4. The topological polar surface area (TPSA) is 55.7 Å². The molecule has 0 aliphatic heterocycles. The molecule has 0 spiro atoms. The van der Waals surface area contributed by atoms with Crippen LogP contribution in [0.4, 0.5) is 0 Å². The molecular weight excluding hydrogens is 210 g/mol. The highest BCUT2D eigenvalue weighted by atomic mass is 32.1. The van der Waals surface area contributed by atoms with Gasteiger partial charge in [-0.25, -0.2) is 15.0 Å². The van der Waals surface area contributed by atoms with Crippen LogP contribution >= 0.6 is 11.3 Å². The van der Waals surface area contributed by atoms with Gasteiger partial charge >= 0.3 is 0 Å². The number of carbonyl (C=O) groups excluding carboxylic acids is 1. The molecule has 2 heterocycles. The van der Waals surface area contributed by atoms with Crippen molar-refractivity contribution >= 4 is 17.6 Å². The summed E-state index contributed by atoms with van der Waals surface area (Å²) in [6.07, 6.45) is 4.40. The van der Waals surface area contributed by atoms with Crippen LogP contribution in [0, 0.1) is 6.92 Å². The molecule has 4 nitrogen and oxygen atoms in total. The lowest BCUT2D eigenvalue weighted by molar-refractivity contribution is 0.112. The molecule has 0 saturated heterocycles. The van der Waals surface area contributed by atoms with E-state index in [2.05, 4.69) is 15.0 Å². The van der Waals surface area contributed by atoms with E-state index in [1.807, 2.05) is 12.3 Å². The lowest BCUT2D eigenvalue weighted by atomic mass is 10.3. The second kappa shape index (κ2) is 4.27. The fourth-order valence-electron chi connectivity index (χ4n) is 1.14. The molecule has 0 aliphatic rings. The van der Waals surface area contributed by atoms with Crippen LogP contribution in [-0.2, 0) is 6.42 Å². The molecule has 0 fully saturated rings. The van der Waals surface area contributed by atoms with E-state index in [0.717, 1.165) is 17.0 Å². The minimum Gasteiger partial charge on any atom is -0.298 e. The zero-order chi connectivity index (χ0) is 10.7. The Bertz CT molecular complexity index is 464. The van der Waals surface area contributed by atoms with Crippen LogP contribution in [0.3, 0.4) is 0 Å². The summed E-state index contributed by atoms with van der Waals surface area (Å²) in [6.45, 7) is 1.95. The number of aryl methyl sites for hydroxylation is 1. The normalized spacial score (nSPS) is 10.2. The van der Waals surface area contributed by atoms with Crippen molar-refractivity contribution in [2.24, 2.45) is 0 Å². The number of hydrogen-bond acceptors (Lipinski definition) is 5. The molecule has 0 aromatic carbocycles. The van der Waals surface area contributed by atoms with E-state index in [1.165, 1.54) is 12.4 Å². The van der Waals surface area contributed by atoms with Crippen molar-refractivity contribution in [1.29, 1.82) is 0 Å². The summed E-state index contributed by atoms with van der Waals surface area (Å²) in [5, 5.41) is 2.99. The van der Waals surface area contributed by atoms with Gasteiger partial charge in [0.1, 0.15) is 10.8 Å². The SMILES string of the molecule is Cc1csc(Cc2ncc(C=O)cn2)n1. The van der Waals surface area contributed by atoms with Gasteiger partial charge in [0, 0.05) is 23.5 Å². The van der Waals surface area contributed by atoms with Gasteiger partial charge in [-0.05, 0) is 6.92 Å². The molecule has 0 atom stereocenters. The Labute approximate surface area is 91.0 Å². The number of aromatic nitrogens is 3. The van der Waals surface area contributed by atoms with E-state index in [-0.39, 0.29) is 0 Å². The monoisotopic (exact) mass is 219 g/mol. The van der Waals surface area contributed by atoms with Crippen LogP contribution in [0.5, 0.6) is 0 Å². The van der Waals surface area contributed by atoms with E-state index in [9.17, 15) is 4.79 Å². The first-order valence-electron chi connectivity index (χ1n) is 4.45. The first-order chi connectivity index (χ1) is 7.28. The van der Waals surface area contributed by atoms with Crippen LogP contribution in [0.2, 0.25) is 0 Å². The molecule has 2 aromatic rings. The lowest BCUT2D eigenvalue weighted by Gasteiger charge is -1.95. The average Bonchev–Trinajstić information content (AvgIpc) is 2.65. The van der Waals surface area contributed by atoms with Gasteiger partial charge in [0.15, 0.2) is 6.29 Å². The highest BCUT2D eigenvalue weighted by molar-refractivity contribution is 7.09. The van der Waals surface area contributed by atoms with Gasteiger partial charge in [-0.1, -0.05) is 0 Å². The highest BCUT2D eigenvalue weighted by Gasteiger charge is 2.03. The summed E-state index contributed by atoms with van der Waals surface area (Å²) in [4.78, 5) is 22.9. The van der Waals surface area contributed by atoms with Gasteiger partial charge in [0.2, 0.25) is 0 Å². The summed E-state index contributed by atoms with van der Waals surface area (Å²) < 4.78 is 0. The summed E-state index contributed by atoms with van der Waals surface area (Å²) in [6, 6.07) is 0. The zero-order valence-corrected chi connectivity index (χ0v) is 8.99. The smallest absolute Gasteiger partial charge is 0.153 e. The van der Waals surface area contributed by atoms with Crippen molar-refractivity contribution in [3.05, 3.63) is 39.9 Å². The number of nitrogens with zero attached hydrogens (tertiary/aromatic N) is 3. The predicted octanol–water partition coefficient (Wildman–Crippen LogP) is 1.64. The van der Waals surface area contributed by atoms with E-state index < -0.39 is 0 Å². The molecule has 5 heteroatoms. The molecule has 2 rings (SSSR count). The standard InChI is InChI=1S/C10H9N3OS/c1-7-6-15-10(13-7)2-9-11-3-8(5-14)4-12-9/h3-6H,2H2,1H3. The summed E-state index contributed by atoms with van der Waals surface area (Å²) in [5.74, 6) is 0.690. The molecule has 0 amide bonds. The van der Waals surface area contributed by atoms with Crippen molar-refractivity contribution in [1.82, 2.24) is 15.0 Å². The number of thiazole rings is 1. The molecule has 0 unspecified atom stereocenters. The van der Waals surface area contributed by atoms with E-state index in [4.69, 9.17) is 0 Å². The van der Waals surface area contributed by atoms with E-state index >= 15 is 0 Å². The summed E-state index contributed by atoms with van der Waals surface area (Å²) in [5.41, 5.74) is 1.51. The van der Waals surface area contributed by atoms with Gasteiger partial charge in [0.25, 0.3) is 0 Å². The zero-order valence-electron chi connectivity index (χ0n) is 8.17. The van der Waals surface area contributed by atoms with Gasteiger partial charge in [-0.2, -0.15) is 0 Å². The van der Waals surface area contributed by atoms with Gasteiger partial charge in [-0.15, -0.1) is 11.3 Å². The molecule has 0 N–H and O–H groups in total. The van der Waals surface area contributed by atoms with Crippen LogP contribution in [0.1, 0.15) is 26.9 Å². The second-order valence-corrected chi connectivity index (χ2v) is 4.05. The molecule has 76 valence electrons. The van der Waals surface area contributed by atoms with Crippen molar-refractivity contribution in [2.45, 2.75) is 13.3 Å². The van der Waals surface area contributed by atoms with Crippen molar-refractivity contribution in [3.63, 3.8) is 0 Å². The molecule has 0 radical (unpaired) electrons. The third kappa shape index (κ3) is 2.44. The van der Waals surface area contributed by atoms with Crippen molar-refractivity contribution < 1.29 is 4.79 Å². The Balaban J connectivity index is 2.14. The number of aldehydes is 1. The Morgan fingerprint density at radius 1 is 1.40 bits per heavy atom. The van der Waals surface area contributed by atoms with E-state index in [1.54, 1.807) is 11.3 Å². The minimum absolute atomic E-state index is 0.495. The summed E-state index contributed by atoms with van der Waals surface area (Å²) in [7, 11) is 0. The van der Waals surface area contributed by atoms with Crippen LogP contribution < -0.4 is 0 Å². The van der Waals surface area contributed by atoms with Crippen LogP contribution in [0.25, 0.3) is 0 Å². The summed E-state index contributed by atoms with van der Waals surface area (Å²) >= 11 is 1.59. The molecule has 2 aromatic heterocycles. The number of hydrogen-bond donors (Lipinski definition) is 0. The van der Waals surface area contributed by atoms with E-state index in [0.29, 0.717) is 17.8 Å². The molecule has 15 heavy (non-hydrogen) atoms. The lowest BCUT2D eigenvalue weighted by Crippen LogP contribution is -1.97. The minimum atomic E-state index is 0.495. The highest BCUT2D eigenvalue weighted by Crippen LogP contribution is 2.11. The van der Waals surface area contributed by atoms with Gasteiger partial charge in [-0.3, -0.25) is 4.79 Å². The average molecular weight is 219 g/mol. The third-order valence-corrected chi connectivity index (χ3v) is 2.80. The van der Waals surface area contributed by atoms with Gasteiger partial charge in [0.05, 0.1) is 12.0 Å². The number of carbonyl (C=O) groups is 1. The Kier molecular flexibility index (Phi) is 2.82. The predicted molar refractivity (Wildman–Crippen MR) is 57.1 cm³/mol. The molecule has 0 aliphatic carbocycles. The molecule has 0 saturated carbocycles. The number of rotatable bonds is 3. The maximum Gasteiger partial charge on any atom is 0.153 e. The fourth-order valence-corrected chi connectivity index (χ4v) is 1.90. The Hall–Kier alpha value is -1.62. The van der Waals surface area contributed by atoms with Gasteiger partial charge < -0.3 is 0 Å². The van der Waals surface area contributed by atoms with Crippen molar-refractivity contribution in [3.8, 4) is 0 Å². The first kappa shape index (κ1) is 9.92. The van der Waals surface area contributed by atoms with Crippen LogP contribution in [-0.4, -0.2) is 21.2 Å². The van der Waals surface area contributed by atoms with Crippen molar-refractivity contribution in [2.75, 3.05) is 0 Å². The molecular formula is C10H9N3OS. The fraction of sp³-hybridized carbons (Fsp3) is 0.200. The molecule has 0 bridgehead atoms. The third-order valence-electron chi connectivity index (χ3n) is 1.84. The largest absolute Gasteiger partial charge is 0.298 e. The quantitative estimate of drug-likeness (QED) is 0.736. The second-order valence-electron chi connectivity index (χ2n) is 3.11. The Morgan fingerprint density at radius 2 is 2.13 bits per heavy atom. The van der Waals surface area contributed by atoms with Crippen LogP contribution in [0.15, 0.2) is 17.8 Å². The Morgan fingerprint density at radius 3 is 2.67 bits per heavy atom.